The quantitative estimate of drug-likeness (QED) is 0.259. The van der Waals surface area contributed by atoms with Crippen molar-refractivity contribution in [3.63, 3.8) is 0 Å². The third-order valence-corrected chi connectivity index (χ3v) is 7.02. The van der Waals surface area contributed by atoms with Gasteiger partial charge in [0.1, 0.15) is 5.60 Å². The second kappa shape index (κ2) is 17.8. The first-order valence-electron chi connectivity index (χ1n) is 12.3. The second-order valence-electron chi connectivity index (χ2n) is 9.20. The molecule has 14 nitrogen and oxygen atoms in total. The Kier molecular flexibility index (Phi) is 16.1. The molecule has 2 aromatic carbocycles. The zero-order valence-electron chi connectivity index (χ0n) is 23.8. The zero-order valence-corrected chi connectivity index (χ0v) is 25.4. The van der Waals surface area contributed by atoms with E-state index in [2.05, 4.69) is 5.32 Å². The topological polar surface area (TPSA) is 228 Å². The number of halogens is 3. The van der Waals surface area contributed by atoms with Gasteiger partial charge < -0.3 is 20.9 Å². The minimum atomic E-state index is -5.08. The number of carboxylic acids is 1. The van der Waals surface area contributed by atoms with Gasteiger partial charge in [0.2, 0.25) is 11.8 Å². The molecular formula is C25H33F3N4O10S2. The number of nitrogens with one attached hydrogen (secondary N) is 3. The van der Waals surface area contributed by atoms with E-state index in [0.29, 0.717) is 0 Å². The number of sulfonamides is 2. The fourth-order valence-electron chi connectivity index (χ4n) is 2.44. The highest BCUT2D eigenvalue weighted by atomic mass is 32.2. The first kappa shape index (κ1) is 39.8. The lowest BCUT2D eigenvalue weighted by atomic mass is 10.2. The van der Waals surface area contributed by atoms with Crippen molar-refractivity contribution < 1.29 is 59.0 Å². The van der Waals surface area contributed by atoms with Crippen molar-refractivity contribution in [2.75, 3.05) is 13.1 Å². The van der Waals surface area contributed by atoms with Crippen LogP contribution in [0.15, 0.2) is 70.5 Å². The zero-order chi connectivity index (χ0) is 34.2. The monoisotopic (exact) mass is 670 g/mol. The molecule has 2 rings (SSSR count). The Labute approximate surface area is 252 Å². The van der Waals surface area contributed by atoms with Crippen molar-refractivity contribution in [1.82, 2.24) is 14.8 Å². The molecule has 6 N–H and O–H groups in total. The minimum absolute atomic E-state index is 0.00320. The van der Waals surface area contributed by atoms with Crippen molar-refractivity contribution in [2.45, 2.75) is 55.2 Å². The number of rotatable bonds is 9. The van der Waals surface area contributed by atoms with Gasteiger partial charge in [-0.3, -0.25) is 9.59 Å². The summed E-state index contributed by atoms with van der Waals surface area (Å²) >= 11 is 0. The normalized spacial score (nSPS) is 11.3. The maximum Gasteiger partial charge on any atom is 0.490 e. The lowest BCUT2D eigenvalue weighted by molar-refractivity contribution is -0.192. The largest absolute Gasteiger partial charge is 0.490 e. The molecule has 0 bridgehead atoms. The molecular weight excluding hydrogens is 637 g/mol. The molecule has 0 unspecified atom stereocenters. The molecule has 44 heavy (non-hydrogen) atoms. The standard InChI is InChI=1S/C14H20N2O5S.C9H12N2O3S.C2HF3O2/c1-14(2,3)21-13(18)15-10-9-12(17)16-22(19,20)11-7-5-4-6-8-11;10-7-6-9(12)11-15(13,14)8-4-2-1-3-5-8;3-2(4,5)1(6)7/h4-8H,9-10H2,1-3H3,(H,15,18)(H,16,17);1-5H,6-7,10H2,(H,11,12);(H,6,7). The number of aliphatic carboxylic acids is 1. The summed E-state index contributed by atoms with van der Waals surface area (Å²) in [7, 11) is -7.62. The smallest absolute Gasteiger partial charge is 0.475 e. The van der Waals surface area contributed by atoms with Gasteiger partial charge in [0.25, 0.3) is 20.0 Å². The second-order valence-corrected chi connectivity index (χ2v) is 12.6. The summed E-state index contributed by atoms with van der Waals surface area (Å²) in [4.78, 5) is 43.0. The average Bonchev–Trinajstić information content (AvgIpc) is 2.88. The molecule has 0 aliphatic heterocycles. The molecule has 0 aliphatic rings. The maximum absolute atomic E-state index is 11.9. The molecule has 0 radical (unpaired) electrons. The highest BCUT2D eigenvalue weighted by Crippen LogP contribution is 2.13. The van der Waals surface area contributed by atoms with Crippen molar-refractivity contribution in [3.8, 4) is 0 Å². The molecule has 0 spiro atoms. The van der Waals surface area contributed by atoms with Gasteiger partial charge in [-0.05, 0) is 45.0 Å². The van der Waals surface area contributed by atoms with E-state index in [1.54, 1.807) is 57.2 Å². The first-order chi connectivity index (χ1) is 20.1. The number of nitrogens with two attached hydrogens (primary N) is 1. The highest BCUT2D eigenvalue weighted by Gasteiger charge is 2.38. The molecule has 2 aromatic rings. The molecule has 0 saturated heterocycles. The highest BCUT2D eigenvalue weighted by molar-refractivity contribution is 7.90. The lowest BCUT2D eigenvalue weighted by Gasteiger charge is -2.19. The van der Waals surface area contributed by atoms with Gasteiger partial charge in [-0.1, -0.05) is 36.4 Å². The Morgan fingerprint density at radius 1 is 0.773 bits per heavy atom. The van der Waals surface area contributed by atoms with Gasteiger partial charge in [-0.2, -0.15) is 13.2 Å². The SMILES string of the molecule is CC(C)(C)OC(=O)NCCC(=O)NS(=O)(=O)c1ccccc1.NCCC(=O)NS(=O)(=O)c1ccccc1.O=C(O)C(F)(F)F. The predicted molar refractivity (Wildman–Crippen MR) is 150 cm³/mol. The summed E-state index contributed by atoms with van der Waals surface area (Å²) in [6.07, 6.45) is -5.93. The Morgan fingerprint density at radius 3 is 1.45 bits per heavy atom. The van der Waals surface area contributed by atoms with Crippen LogP contribution >= 0.6 is 0 Å². The van der Waals surface area contributed by atoms with Crippen molar-refractivity contribution >= 4 is 43.9 Å². The summed E-state index contributed by atoms with van der Waals surface area (Å²) in [5, 5.41) is 9.50. The molecule has 0 aliphatic carbocycles. The average molecular weight is 671 g/mol. The Bertz CT molecular complexity index is 1450. The number of alkyl carbamates (subject to hydrolysis) is 1. The number of carboxylic acid groups (broad SMARTS) is 1. The molecule has 3 amide bonds. The predicted octanol–water partition coefficient (Wildman–Crippen LogP) is 1.88. The van der Waals surface area contributed by atoms with E-state index in [4.69, 9.17) is 20.4 Å². The van der Waals surface area contributed by atoms with E-state index in [1.165, 1.54) is 24.3 Å². The van der Waals surface area contributed by atoms with Crippen molar-refractivity contribution in [2.24, 2.45) is 5.73 Å². The van der Waals surface area contributed by atoms with Crippen LogP contribution in [-0.2, 0) is 39.2 Å². The van der Waals surface area contributed by atoms with Crippen LogP contribution in [0, 0.1) is 0 Å². The van der Waals surface area contributed by atoms with Crippen LogP contribution in [-0.4, -0.2) is 70.7 Å². The fraction of sp³-hybridized carbons (Fsp3) is 0.360. The van der Waals surface area contributed by atoms with E-state index in [-0.39, 0.29) is 35.7 Å². The Hall–Kier alpha value is -4.23. The van der Waals surface area contributed by atoms with Crippen LogP contribution < -0.4 is 20.5 Å². The lowest BCUT2D eigenvalue weighted by Crippen LogP contribution is -2.36. The van der Waals surface area contributed by atoms with Crippen LogP contribution in [0.3, 0.4) is 0 Å². The van der Waals surface area contributed by atoms with Crippen molar-refractivity contribution in [3.05, 3.63) is 60.7 Å². The maximum atomic E-state index is 11.9. The summed E-state index contributed by atoms with van der Waals surface area (Å²) in [6, 6.07) is 15.3. The first-order valence-corrected chi connectivity index (χ1v) is 15.3. The molecule has 0 fully saturated rings. The van der Waals surface area contributed by atoms with E-state index in [1.807, 2.05) is 9.44 Å². The summed E-state index contributed by atoms with van der Waals surface area (Å²) < 4.78 is 87.4. The molecule has 0 heterocycles. The molecule has 0 atom stereocenters. The summed E-state index contributed by atoms with van der Waals surface area (Å²) in [5.74, 6) is -4.06. The van der Waals surface area contributed by atoms with Crippen molar-refractivity contribution in [1.29, 1.82) is 0 Å². The number of hydrogen-bond donors (Lipinski definition) is 5. The summed E-state index contributed by atoms with van der Waals surface area (Å²) in [6.45, 7) is 5.24. The summed E-state index contributed by atoms with van der Waals surface area (Å²) in [5.41, 5.74) is 4.50. The minimum Gasteiger partial charge on any atom is -0.475 e. The molecule has 246 valence electrons. The van der Waals surface area contributed by atoms with Gasteiger partial charge >= 0.3 is 18.2 Å². The van der Waals surface area contributed by atoms with Crippen LogP contribution in [0.2, 0.25) is 0 Å². The number of carbonyl (C=O) groups is 4. The molecule has 0 saturated carbocycles. The van der Waals surface area contributed by atoms with E-state index in [0.717, 1.165) is 0 Å². The van der Waals surface area contributed by atoms with Crippen LogP contribution in [0.25, 0.3) is 0 Å². The van der Waals surface area contributed by atoms with Gasteiger partial charge in [0, 0.05) is 25.9 Å². The number of ether oxygens (including phenoxy) is 1. The van der Waals surface area contributed by atoms with Gasteiger partial charge in [0.15, 0.2) is 0 Å². The molecule has 19 heteroatoms. The molecule has 0 aromatic heterocycles. The number of amides is 3. The van der Waals surface area contributed by atoms with Crippen LogP contribution in [0.4, 0.5) is 18.0 Å². The Balaban J connectivity index is 0.000000722. The number of hydrogen-bond acceptors (Lipinski definition) is 10. The van der Waals surface area contributed by atoms with E-state index in [9.17, 15) is 44.4 Å². The van der Waals surface area contributed by atoms with Gasteiger partial charge in [-0.25, -0.2) is 35.9 Å². The number of alkyl halides is 3. The van der Waals surface area contributed by atoms with Gasteiger partial charge in [-0.15, -0.1) is 0 Å². The number of benzene rings is 2. The fourth-order valence-corrected chi connectivity index (χ4v) is 4.51. The van der Waals surface area contributed by atoms with E-state index < -0.39 is 55.7 Å². The van der Waals surface area contributed by atoms with E-state index >= 15 is 0 Å². The van der Waals surface area contributed by atoms with Crippen LogP contribution in [0.5, 0.6) is 0 Å². The Morgan fingerprint density at radius 2 is 1.14 bits per heavy atom. The number of carbonyl (C=O) groups excluding carboxylic acids is 3. The third-order valence-electron chi connectivity index (χ3n) is 4.24. The van der Waals surface area contributed by atoms with Gasteiger partial charge in [0.05, 0.1) is 9.79 Å². The third kappa shape index (κ3) is 17.7. The van der Waals surface area contributed by atoms with Crippen LogP contribution in [0.1, 0.15) is 33.6 Å².